The second-order valence-electron chi connectivity index (χ2n) is 2.30. The lowest BCUT2D eigenvalue weighted by atomic mass is 10.3. The van der Waals surface area contributed by atoms with Gasteiger partial charge in [0.2, 0.25) is 5.75 Å². The van der Waals surface area contributed by atoms with Crippen molar-refractivity contribution >= 4 is 5.97 Å². The van der Waals surface area contributed by atoms with Crippen LogP contribution in [0.3, 0.4) is 0 Å². The second-order valence-corrected chi connectivity index (χ2v) is 2.30. The van der Waals surface area contributed by atoms with Gasteiger partial charge in [0.1, 0.15) is 0 Å². The SMILES string of the molecule is CC(=O)Oc1c(F)ccc(F)c1O. The van der Waals surface area contributed by atoms with Gasteiger partial charge in [0.15, 0.2) is 17.4 Å². The molecule has 1 aromatic rings. The molecule has 1 rings (SSSR count). The molecule has 0 heterocycles. The number of phenolic OH excluding ortho intramolecular Hbond substituents is 1. The van der Waals surface area contributed by atoms with Crippen LogP contribution >= 0.6 is 0 Å². The molecule has 5 heteroatoms. The molecule has 0 spiro atoms. The number of phenols is 1. The lowest BCUT2D eigenvalue weighted by molar-refractivity contribution is -0.132. The van der Waals surface area contributed by atoms with Gasteiger partial charge in [-0.2, -0.15) is 0 Å². The molecule has 0 aliphatic carbocycles. The quantitative estimate of drug-likeness (QED) is 0.537. The van der Waals surface area contributed by atoms with E-state index in [1.807, 2.05) is 0 Å². The normalized spacial score (nSPS) is 9.77. The first kappa shape index (κ1) is 9.44. The number of benzene rings is 1. The van der Waals surface area contributed by atoms with Crippen LogP contribution in [0.1, 0.15) is 6.92 Å². The predicted octanol–water partition coefficient (Wildman–Crippen LogP) is 1.60. The molecule has 0 radical (unpaired) electrons. The summed E-state index contributed by atoms with van der Waals surface area (Å²) in [5, 5.41) is 8.94. The highest BCUT2D eigenvalue weighted by Crippen LogP contribution is 2.31. The monoisotopic (exact) mass is 188 g/mol. The van der Waals surface area contributed by atoms with Crippen LogP contribution in [-0.2, 0) is 4.79 Å². The van der Waals surface area contributed by atoms with E-state index in [-0.39, 0.29) is 0 Å². The summed E-state index contributed by atoms with van der Waals surface area (Å²) in [7, 11) is 0. The van der Waals surface area contributed by atoms with Gasteiger partial charge < -0.3 is 9.84 Å². The first-order valence-corrected chi connectivity index (χ1v) is 3.37. The summed E-state index contributed by atoms with van der Waals surface area (Å²) in [5.74, 6) is -4.66. The van der Waals surface area contributed by atoms with Gasteiger partial charge in [-0.15, -0.1) is 0 Å². The van der Waals surface area contributed by atoms with E-state index in [1.54, 1.807) is 0 Å². The van der Waals surface area contributed by atoms with Crippen molar-refractivity contribution in [1.29, 1.82) is 0 Å². The highest BCUT2D eigenvalue weighted by atomic mass is 19.1. The molecule has 0 aromatic heterocycles. The zero-order valence-corrected chi connectivity index (χ0v) is 6.67. The third-order valence-corrected chi connectivity index (χ3v) is 1.28. The van der Waals surface area contributed by atoms with Crippen molar-refractivity contribution in [1.82, 2.24) is 0 Å². The van der Waals surface area contributed by atoms with Gasteiger partial charge in [-0.25, -0.2) is 8.78 Å². The lowest BCUT2D eigenvalue weighted by Crippen LogP contribution is -2.04. The fourth-order valence-corrected chi connectivity index (χ4v) is 0.763. The molecule has 0 aliphatic heterocycles. The maximum Gasteiger partial charge on any atom is 0.308 e. The Hall–Kier alpha value is -1.65. The Bertz CT molecular complexity index is 349. The molecule has 1 aromatic carbocycles. The summed E-state index contributed by atoms with van der Waals surface area (Å²) < 4.78 is 29.6. The van der Waals surface area contributed by atoms with E-state index < -0.39 is 29.1 Å². The molecule has 0 fully saturated rings. The van der Waals surface area contributed by atoms with Crippen molar-refractivity contribution in [2.45, 2.75) is 6.92 Å². The van der Waals surface area contributed by atoms with Crippen LogP contribution in [0, 0.1) is 11.6 Å². The Balaban J connectivity index is 3.17. The minimum absolute atomic E-state index is 0.734. The molecule has 0 saturated carbocycles. The Kier molecular flexibility index (Phi) is 2.46. The van der Waals surface area contributed by atoms with Crippen molar-refractivity contribution in [2.24, 2.45) is 0 Å². The topological polar surface area (TPSA) is 46.5 Å². The highest BCUT2D eigenvalue weighted by Gasteiger charge is 2.15. The maximum atomic E-state index is 12.8. The molecule has 0 aliphatic rings. The molecule has 70 valence electrons. The number of carbonyl (C=O) groups is 1. The van der Waals surface area contributed by atoms with Crippen LogP contribution in [0.15, 0.2) is 12.1 Å². The van der Waals surface area contributed by atoms with Gasteiger partial charge in [0.25, 0.3) is 0 Å². The molecular weight excluding hydrogens is 182 g/mol. The van der Waals surface area contributed by atoms with Gasteiger partial charge in [-0.1, -0.05) is 0 Å². The number of hydrogen-bond acceptors (Lipinski definition) is 3. The minimum atomic E-state index is -1.04. The number of ether oxygens (including phenoxy) is 1. The van der Waals surface area contributed by atoms with Crippen LogP contribution in [0.2, 0.25) is 0 Å². The van der Waals surface area contributed by atoms with E-state index in [1.165, 1.54) is 0 Å². The summed E-state index contributed by atoms with van der Waals surface area (Å²) in [4.78, 5) is 10.4. The Labute approximate surface area is 72.6 Å². The maximum absolute atomic E-state index is 12.8. The van der Waals surface area contributed by atoms with Crippen molar-refractivity contribution in [3.63, 3.8) is 0 Å². The number of aromatic hydroxyl groups is 1. The molecule has 1 N–H and O–H groups in total. The molecular formula is C8H6F2O3. The average Bonchev–Trinajstić information content (AvgIpc) is 2.05. The average molecular weight is 188 g/mol. The van der Waals surface area contributed by atoms with Gasteiger partial charge in [-0.05, 0) is 12.1 Å². The fourth-order valence-electron chi connectivity index (χ4n) is 0.763. The Morgan fingerprint density at radius 2 is 1.92 bits per heavy atom. The Morgan fingerprint density at radius 3 is 2.46 bits per heavy atom. The van der Waals surface area contributed by atoms with Crippen molar-refractivity contribution in [3.05, 3.63) is 23.8 Å². The standard InChI is InChI=1S/C8H6F2O3/c1-4(11)13-8-6(10)3-2-5(9)7(8)12/h2-3,12H,1H3. The summed E-state index contributed by atoms with van der Waals surface area (Å²) in [6, 6.07) is 1.49. The van der Waals surface area contributed by atoms with E-state index in [0.29, 0.717) is 0 Å². The zero-order chi connectivity index (χ0) is 10.0. The van der Waals surface area contributed by atoms with Gasteiger partial charge in [-0.3, -0.25) is 4.79 Å². The molecule has 0 amide bonds. The van der Waals surface area contributed by atoms with Gasteiger partial charge in [0, 0.05) is 6.92 Å². The smallest absolute Gasteiger partial charge is 0.308 e. The summed E-state index contributed by atoms with van der Waals surface area (Å²) in [6.07, 6.45) is 0. The molecule has 0 unspecified atom stereocenters. The van der Waals surface area contributed by atoms with Crippen molar-refractivity contribution in [2.75, 3.05) is 0 Å². The number of carbonyl (C=O) groups excluding carboxylic acids is 1. The predicted molar refractivity (Wildman–Crippen MR) is 39.3 cm³/mol. The summed E-state index contributed by atoms with van der Waals surface area (Å²) >= 11 is 0. The van der Waals surface area contributed by atoms with E-state index in [9.17, 15) is 13.6 Å². The third kappa shape index (κ3) is 1.93. The van der Waals surface area contributed by atoms with Crippen LogP contribution in [0.25, 0.3) is 0 Å². The molecule has 3 nitrogen and oxygen atoms in total. The third-order valence-electron chi connectivity index (χ3n) is 1.28. The fraction of sp³-hybridized carbons (Fsp3) is 0.125. The molecule has 13 heavy (non-hydrogen) atoms. The number of rotatable bonds is 1. The number of esters is 1. The first-order chi connectivity index (χ1) is 6.02. The van der Waals surface area contributed by atoms with Crippen LogP contribution in [-0.4, -0.2) is 11.1 Å². The Morgan fingerprint density at radius 1 is 1.38 bits per heavy atom. The lowest BCUT2D eigenvalue weighted by Gasteiger charge is -2.05. The van der Waals surface area contributed by atoms with Crippen LogP contribution in [0.5, 0.6) is 11.5 Å². The molecule has 0 bridgehead atoms. The summed E-state index contributed by atoms with van der Waals surface area (Å²) in [6.45, 7) is 1.02. The number of halogens is 2. The first-order valence-electron chi connectivity index (χ1n) is 3.37. The second kappa shape index (κ2) is 3.38. The van der Waals surface area contributed by atoms with Crippen molar-refractivity contribution < 1.29 is 23.4 Å². The van der Waals surface area contributed by atoms with Gasteiger partial charge >= 0.3 is 5.97 Å². The highest BCUT2D eigenvalue weighted by molar-refractivity contribution is 5.70. The van der Waals surface area contributed by atoms with Gasteiger partial charge in [0.05, 0.1) is 0 Å². The van der Waals surface area contributed by atoms with E-state index in [2.05, 4.69) is 4.74 Å². The summed E-state index contributed by atoms with van der Waals surface area (Å²) in [5.41, 5.74) is 0. The molecule has 0 saturated heterocycles. The van der Waals surface area contributed by atoms with Crippen LogP contribution < -0.4 is 4.74 Å². The molecule has 0 atom stereocenters. The largest absolute Gasteiger partial charge is 0.502 e. The van der Waals surface area contributed by atoms with E-state index in [4.69, 9.17) is 5.11 Å². The minimum Gasteiger partial charge on any atom is -0.502 e. The zero-order valence-electron chi connectivity index (χ0n) is 6.67. The van der Waals surface area contributed by atoms with E-state index >= 15 is 0 Å². The number of hydrogen-bond donors (Lipinski definition) is 1. The van der Waals surface area contributed by atoms with Crippen molar-refractivity contribution in [3.8, 4) is 11.5 Å². The van der Waals surface area contributed by atoms with Crippen LogP contribution in [0.4, 0.5) is 8.78 Å². The van der Waals surface area contributed by atoms with E-state index in [0.717, 1.165) is 19.1 Å².